The van der Waals surface area contributed by atoms with Gasteiger partial charge in [0.1, 0.15) is 18.5 Å². The molecule has 8 nitrogen and oxygen atoms in total. The van der Waals surface area contributed by atoms with Crippen molar-refractivity contribution in [3.8, 4) is 11.5 Å². The predicted octanol–water partition coefficient (Wildman–Crippen LogP) is 1.49. The largest absolute Gasteiger partial charge is 0.493 e. The maximum absolute atomic E-state index is 12.8. The van der Waals surface area contributed by atoms with E-state index in [1.165, 1.54) is 13.2 Å². The highest BCUT2D eigenvalue weighted by Crippen LogP contribution is 2.31. The Bertz CT molecular complexity index is 909. The third kappa shape index (κ3) is 3.65. The lowest BCUT2D eigenvalue weighted by atomic mass is 9.98. The highest BCUT2D eigenvalue weighted by Gasteiger charge is 2.27. The van der Waals surface area contributed by atoms with E-state index in [2.05, 4.69) is 4.98 Å². The average molecular weight is 362 g/mol. The van der Waals surface area contributed by atoms with Gasteiger partial charge in [-0.3, -0.25) is 4.79 Å². The van der Waals surface area contributed by atoms with Crippen molar-refractivity contribution in [1.82, 2.24) is 9.71 Å². The van der Waals surface area contributed by atoms with Gasteiger partial charge in [0.25, 0.3) is 5.56 Å². The number of benzene rings is 1. The first-order chi connectivity index (χ1) is 12.2. The van der Waals surface area contributed by atoms with Crippen LogP contribution in [0.25, 0.3) is 10.9 Å². The zero-order chi connectivity index (χ0) is 19.1. The summed E-state index contributed by atoms with van der Waals surface area (Å²) in [5, 5.41) is 0.268. The van der Waals surface area contributed by atoms with Crippen LogP contribution in [0, 0.1) is 12.3 Å². The van der Waals surface area contributed by atoms with Gasteiger partial charge >= 0.3 is 5.97 Å². The van der Waals surface area contributed by atoms with Gasteiger partial charge in [0.05, 0.1) is 30.0 Å². The van der Waals surface area contributed by atoms with Crippen LogP contribution in [-0.2, 0) is 9.53 Å². The second kappa shape index (κ2) is 6.60. The van der Waals surface area contributed by atoms with Crippen molar-refractivity contribution in [2.45, 2.75) is 33.8 Å². The molecule has 1 aliphatic heterocycles. The van der Waals surface area contributed by atoms with E-state index in [1.807, 2.05) is 0 Å². The number of aryl methyl sites for hydroxylation is 1. The molecule has 26 heavy (non-hydrogen) atoms. The van der Waals surface area contributed by atoms with E-state index in [4.69, 9.17) is 19.0 Å². The maximum atomic E-state index is 12.8. The number of methoxy groups -OCH3 is 1. The van der Waals surface area contributed by atoms with Crippen LogP contribution in [0.4, 0.5) is 0 Å². The molecule has 1 aromatic heterocycles. The molecule has 2 aromatic rings. The van der Waals surface area contributed by atoms with E-state index < -0.39 is 16.9 Å². The number of carbonyl (C=O) groups excluding carboxylic acids is 1. The van der Waals surface area contributed by atoms with E-state index >= 15 is 0 Å². The average Bonchev–Trinajstić information content (AvgIpc) is 3.39. The smallest absolute Gasteiger partial charge is 0.338 e. The van der Waals surface area contributed by atoms with Crippen LogP contribution in [0.1, 0.15) is 26.6 Å². The molecule has 0 radical (unpaired) electrons. The summed E-state index contributed by atoms with van der Waals surface area (Å²) in [5.74, 6) is 0.614. The quantitative estimate of drug-likeness (QED) is 0.744. The highest BCUT2D eigenvalue weighted by atomic mass is 16.7. The molecule has 1 saturated heterocycles. The monoisotopic (exact) mass is 362 g/mol. The Morgan fingerprint density at radius 1 is 1.35 bits per heavy atom. The zero-order valence-electron chi connectivity index (χ0n) is 15.5. The lowest BCUT2D eigenvalue weighted by Gasteiger charge is -2.18. The molecule has 0 aliphatic carbocycles. The minimum Gasteiger partial charge on any atom is -0.493 e. The van der Waals surface area contributed by atoms with Gasteiger partial charge in [0, 0.05) is 6.07 Å². The Hall–Kier alpha value is -2.61. The number of rotatable bonds is 5. The fourth-order valence-electron chi connectivity index (χ4n) is 2.24. The van der Waals surface area contributed by atoms with Crippen molar-refractivity contribution in [2.24, 2.45) is 5.41 Å². The summed E-state index contributed by atoms with van der Waals surface area (Å²) in [6.07, 6.45) is 0.0925. The summed E-state index contributed by atoms with van der Waals surface area (Å²) in [6.45, 7) is 7.80. The predicted molar refractivity (Wildman–Crippen MR) is 93.6 cm³/mol. The van der Waals surface area contributed by atoms with Gasteiger partial charge in [-0.05, 0) is 33.8 Å². The topological polar surface area (TPSA) is 92.2 Å². The molecular weight excluding hydrogens is 340 g/mol. The normalized spacial score (nSPS) is 16.4. The fourth-order valence-corrected chi connectivity index (χ4v) is 2.24. The number of fused-ring (bicyclic) bond motifs is 1. The summed E-state index contributed by atoms with van der Waals surface area (Å²) >= 11 is 0. The molecule has 8 heteroatoms. The first-order valence-corrected chi connectivity index (χ1v) is 8.29. The SMILES string of the molecule is COc1cc2c(=O)n(OC(=O)C(C)(C)C)c(C)nc2cc1OCC1CO1. The van der Waals surface area contributed by atoms with E-state index in [1.54, 1.807) is 33.8 Å². The summed E-state index contributed by atoms with van der Waals surface area (Å²) < 4.78 is 17.0. The number of ether oxygens (including phenoxy) is 3. The van der Waals surface area contributed by atoms with Crippen LogP contribution in [0.5, 0.6) is 11.5 Å². The maximum Gasteiger partial charge on any atom is 0.338 e. The van der Waals surface area contributed by atoms with Gasteiger partial charge in [-0.1, -0.05) is 0 Å². The van der Waals surface area contributed by atoms with Crippen LogP contribution in [0.3, 0.4) is 0 Å². The molecule has 0 saturated carbocycles. The van der Waals surface area contributed by atoms with E-state index in [-0.39, 0.29) is 17.3 Å². The van der Waals surface area contributed by atoms with Crippen LogP contribution in [0.15, 0.2) is 16.9 Å². The van der Waals surface area contributed by atoms with Crippen molar-refractivity contribution in [3.63, 3.8) is 0 Å². The van der Waals surface area contributed by atoms with Crippen LogP contribution < -0.4 is 19.9 Å². The third-order valence-electron chi connectivity index (χ3n) is 3.89. The van der Waals surface area contributed by atoms with Crippen molar-refractivity contribution < 1.29 is 23.8 Å². The molecule has 0 bridgehead atoms. The van der Waals surface area contributed by atoms with Gasteiger partial charge in [0.2, 0.25) is 0 Å². The van der Waals surface area contributed by atoms with Crippen molar-refractivity contribution in [1.29, 1.82) is 0 Å². The molecule has 1 atom stereocenters. The minimum absolute atomic E-state index is 0.0925. The Morgan fingerprint density at radius 2 is 2.04 bits per heavy atom. The Morgan fingerprint density at radius 3 is 2.62 bits per heavy atom. The van der Waals surface area contributed by atoms with E-state index in [0.717, 1.165) is 4.73 Å². The fraction of sp³-hybridized carbons (Fsp3) is 0.500. The standard InChI is InChI=1S/C18H22N2O6/c1-10-19-13-7-15(25-9-11-8-24-11)14(23-5)6-12(13)16(21)20(10)26-17(22)18(2,3)4/h6-7,11H,8-9H2,1-5H3. The number of aromatic nitrogens is 2. The first kappa shape index (κ1) is 18.2. The number of hydrogen-bond donors (Lipinski definition) is 0. The van der Waals surface area contributed by atoms with Crippen molar-refractivity contribution in [2.75, 3.05) is 20.3 Å². The Kier molecular flexibility index (Phi) is 4.62. The molecule has 0 N–H and O–H groups in total. The number of nitrogens with zero attached hydrogens (tertiary/aromatic N) is 2. The lowest BCUT2D eigenvalue weighted by Crippen LogP contribution is -2.38. The Labute approximate surface area is 150 Å². The minimum atomic E-state index is -0.749. The van der Waals surface area contributed by atoms with E-state index in [9.17, 15) is 9.59 Å². The van der Waals surface area contributed by atoms with Gasteiger partial charge in [0.15, 0.2) is 11.5 Å². The van der Waals surface area contributed by atoms with Crippen LogP contribution in [-0.4, -0.2) is 42.1 Å². The Balaban J connectivity index is 2.03. The second-order valence-corrected chi connectivity index (χ2v) is 7.17. The molecule has 0 amide bonds. The zero-order valence-corrected chi connectivity index (χ0v) is 15.5. The number of hydrogen-bond acceptors (Lipinski definition) is 7. The van der Waals surface area contributed by atoms with Gasteiger partial charge < -0.3 is 19.0 Å². The molecule has 1 aliphatic rings. The third-order valence-corrected chi connectivity index (χ3v) is 3.89. The number of epoxide rings is 1. The molecule has 3 rings (SSSR count). The summed E-state index contributed by atoms with van der Waals surface area (Å²) in [6, 6.07) is 3.18. The summed E-state index contributed by atoms with van der Waals surface area (Å²) in [5.41, 5.74) is -0.801. The van der Waals surface area contributed by atoms with Crippen LogP contribution in [0.2, 0.25) is 0 Å². The van der Waals surface area contributed by atoms with Crippen molar-refractivity contribution >= 4 is 16.9 Å². The van der Waals surface area contributed by atoms with Gasteiger partial charge in [-0.2, -0.15) is 0 Å². The highest BCUT2D eigenvalue weighted by molar-refractivity contribution is 5.82. The lowest BCUT2D eigenvalue weighted by molar-refractivity contribution is -0.154. The molecular formula is C18H22N2O6. The van der Waals surface area contributed by atoms with Gasteiger partial charge in [-0.15, -0.1) is 4.73 Å². The molecule has 1 fully saturated rings. The van der Waals surface area contributed by atoms with Crippen molar-refractivity contribution in [3.05, 3.63) is 28.3 Å². The summed E-state index contributed by atoms with van der Waals surface area (Å²) in [4.78, 5) is 34.6. The van der Waals surface area contributed by atoms with Crippen LogP contribution >= 0.6 is 0 Å². The summed E-state index contributed by atoms with van der Waals surface area (Å²) in [7, 11) is 1.49. The molecule has 0 spiro atoms. The molecule has 140 valence electrons. The molecule has 1 aromatic carbocycles. The second-order valence-electron chi connectivity index (χ2n) is 7.17. The van der Waals surface area contributed by atoms with E-state index in [0.29, 0.717) is 30.2 Å². The first-order valence-electron chi connectivity index (χ1n) is 8.29. The van der Waals surface area contributed by atoms with Gasteiger partial charge in [-0.25, -0.2) is 9.78 Å². The molecule has 2 heterocycles. The molecule has 1 unspecified atom stereocenters. The number of carbonyl (C=O) groups is 1.